The van der Waals surface area contributed by atoms with Crippen molar-refractivity contribution in [2.24, 2.45) is 0 Å². The van der Waals surface area contributed by atoms with Crippen LogP contribution in [-0.2, 0) is 0 Å². The van der Waals surface area contributed by atoms with Gasteiger partial charge in [0, 0.05) is 0 Å². The van der Waals surface area contributed by atoms with Crippen molar-refractivity contribution in [1.29, 1.82) is 0 Å². The van der Waals surface area contributed by atoms with Crippen molar-refractivity contribution in [2.75, 3.05) is 7.11 Å². The molecule has 0 amide bonds. The molecule has 0 fully saturated rings. The fourth-order valence-electron chi connectivity index (χ4n) is 3.01. The topological polar surface area (TPSA) is 22.1 Å². The summed E-state index contributed by atoms with van der Waals surface area (Å²) in [7, 11) is 1.74. The Bertz CT molecular complexity index is 386. The van der Waals surface area contributed by atoms with Gasteiger partial charge < -0.3 is 0 Å². The molecule has 2 nitrogen and oxygen atoms in total. The van der Waals surface area contributed by atoms with Crippen LogP contribution in [0, 0.1) is 0 Å². The first-order chi connectivity index (χ1) is 10.7. The molecule has 124 valence electrons. The van der Waals surface area contributed by atoms with E-state index in [2.05, 4.69) is 38.0 Å². The number of aromatic nitrogens is 1. The van der Waals surface area contributed by atoms with E-state index >= 15 is 0 Å². The van der Waals surface area contributed by atoms with E-state index < -0.39 is 21.1 Å². The molecule has 0 saturated heterocycles. The molecule has 1 aromatic heterocycles. The number of rotatable bonds is 12. The van der Waals surface area contributed by atoms with Crippen molar-refractivity contribution in [1.82, 2.24) is 4.98 Å². The minimum absolute atomic E-state index is 0.624. The maximum absolute atomic E-state index is 5.38. The number of ether oxygens (including phenoxy) is 1. The van der Waals surface area contributed by atoms with Gasteiger partial charge in [0.2, 0.25) is 0 Å². The van der Waals surface area contributed by atoms with Gasteiger partial charge in [-0.3, -0.25) is 0 Å². The van der Waals surface area contributed by atoms with Crippen LogP contribution in [0.4, 0.5) is 0 Å². The molecule has 0 aliphatic rings. The average Bonchev–Trinajstić information content (AvgIpc) is 2.56. The van der Waals surface area contributed by atoms with Crippen LogP contribution in [-0.4, -0.2) is 33.2 Å². The summed E-state index contributed by atoms with van der Waals surface area (Å²) in [5.41, 5.74) is 0. The van der Waals surface area contributed by atoms with Gasteiger partial charge in [0.25, 0.3) is 0 Å². The molecule has 0 saturated carbocycles. The number of hydrogen-bond donors (Lipinski definition) is 0. The van der Waals surface area contributed by atoms with Crippen LogP contribution in [0.25, 0.3) is 0 Å². The van der Waals surface area contributed by atoms with Crippen LogP contribution in [0.2, 0.25) is 3.43 Å². The predicted molar refractivity (Wildman–Crippen MR) is 97.4 cm³/mol. The van der Waals surface area contributed by atoms with E-state index in [9.17, 15) is 0 Å². The van der Waals surface area contributed by atoms with Crippen molar-refractivity contribution in [3.05, 3.63) is 18.5 Å². The molecule has 0 N–H and O–H groups in total. The van der Waals surface area contributed by atoms with Gasteiger partial charge in [-0.1, -0.05) is 0 Å². The van der Waals surface area contributed by atoms with Crippen molar-refractivity contribution in [3.8, 4) is 5.75 Å². The molecule has 3 heteroatoms. The van der Waals surface area contributed by atoms with Gasteiger partial charge in [-0.15, -0.1) is 0 Å². The molecule has 0 atom stereocenters. The molecular weight excluding hydrogens is 377 g/mol. The molecule has 1 rings (SSSR count). The monoisotopic (exact) mass is 411 g/mol. The van der Waals surface area contributed by atoms with E-state index in [1.54, 1.807) is 7.11 Å². The second-order valence-electron chi connectivity index (χ2n) is 6.33. The van der Waals surface area contributed by atoms with E-state index in [0.717, 1.165) is 5.75 Å². The molecule has 1 heterocycles. The van der Waals surface area contributed by atoms with Gasteiger partial charge >= 0.3 is 148 Å². The summed E-state index contributed by atoms with van der Waals surface area (Å²) < 4.78 is 7.51. The van der Waals surface area contributed by atoms with Crippen molar-refractivity contribution in [3.63, 3.8) is 0 Å². The predicted octanol–water partition coefficient (Wildman–Crippen LogP) is 5.15. The number of methoxy groups -OCH3 is 1. The molecular formula is C19H33NOSn. The molecule has 22 heavy (non-hydrogen) atoms. The summed E-state index contributed by atoms with van der Waals surface area (Å²) in [6, 6.07) is 2.25. The zero-order chi connectivity index (χ0) is 16.3. The molecule has 1 aromatic rings. The van der Waals surface area contributed by atoms with Gasteiger partial charge in [0.15, 0.2) is 0 Å². The van der Waals surface area contributed by atoms with E-state index in [-0.39, 0.29) is 0 Å². The van der Waals surface area contributed by atoms with Crippen LogP contribution in [0.3, 0.4) is 0 Å². The van der Waals surface area contributed by atoms with Crippen LogP contribution < -0.4 is 8.32 Å². The standard InChI is InChI=1S/C13H27.C6H6NO.Sn/c1-4-7-10-13(11-8-5-2)12-9-6-3;1-8-6-3-2-4-7-5-6;/h4-12H2,1-3H3;3-5H,1H3;. The third-order valence-corrected chi connectivity index (χ3v) is 9.64. The van der Waals surface area contributed by atoms with E-state index in [1.807, 2.05) is 6.20 Å². The molecule has 2 radical (unpaired) electrons. The Morgan fingerprint density at radius 2 is 1.50 bits per heavy atom. The summed E-state index contributed by atoms with van der Waals surface area (Å²) in [5.74, 6) is 0.925. The minimum atomic E-state index is -0.672. The first-order valence-corrected chi connectivity index (χ1v) is 11.8. The summed E-state index contributed by atoms with van der Waals surface area (Å²) in [6.07, 6.45) is 16.3. The first-order valence-electron chi connectivity index (χ1n) is 8.97. The third kappa shape index (κ3) is 6.89. The molecule has 0 aliphatic carbocycles. The van der Waals surface area contributed by atoms with Crippen LogP contribution in [0.5, 0.6) is 5.75 Å². The van der Waals surface area contributed by atoms with Gasteiger partial charge in [0.05, 0.1) is 0 Å². The summed E-state index contributed by atoms with van der Waals surface area (Å²) in [5, 5.41) is 0. The number of pyridine rings is 1. The molecule has 0 bridgehead atoms. The second-order valence-corrected chi connectivity index (χ2v) is 11.7. The SMILES string of the molecule is CCCC[C](CCCC)(CCCC)[Sn][c]1cncc(OC)c1. The maximum atomic E-state index is 5.38. The van der Waals surface area contributed by atoms with E-state index in [4.69, 9.17) is 4.74 Å². The third-order valence-electron chi connectivity index (χ3n) is 4.39. The quantitative estimate of drug-likeness (QED) is 0.445. The average molecular weight is 410 g/mol. The number of unbranched alkanes of at least 4 members (excludes halogenated alkanes) is 3. The van der Waals surface area contributed by atoms with Crippen LogP contribution in [0.1, 0.15) is 78.6 Å². The van der Waals surface area contributed by atoms with Crippen LogP contribution in [0.15, 0.2) is 18.5 Å². The fraction of sp³-hybridized carbons (Fsp3) is 0.737. The normalized spacial score (nSPS) is 11.6. The van der Waals surface area contributed by atoms with Gasteiger partial charge in [-0.2, -0.15) is 0 Å². The first kappa shape index (κ1) is 19.8. The fourth-order valence-corrected chi connectivity index (χ4v) is 8.35. The Morgan fingerprint density at radius 3 is 1.95 bits per heavy atom. The number of nitrogens with zero attached hydrogens (tertiary/aromatic N) is 1. The van der Waals surface area contributed by atoms with Crippen molar-refractivity contribution >= 4 is 24.7 Å². The Balaban J connectivity index is 2.92. The molecule has 0 unspecified atom stereocenters. The summed E-state index contributed by atoms with van der Waals surface area (Å²) in [6.45, 7) is 6.97. The zero-order valence-corrected chi connectivity index (χ0v) is 17.8. The summed E-state index contributed by atoms with van der Waals surface area (Å²) >= 11 is -0.672. The Hall–Kier alpha value is -0.251. The van der Waals surface area contributed by atoms with Gasteiger partial charge in [0.1, 0.15) is 0 Å². The van der Waals surface area contributed by atoms with Crippen molar-refractivity contribution < 1.29 is 4.74 Å². The zero-order valence-electron chi connectivity index (χ0n) is 15.0. The number of hydrogen-bond acceptors (Lipinski definition) is 2. The van der Waals surface area contributed by atoms with Crippen molar-refractivity contribution in [2.45, 2.75) is 82.0 Å². The Morgan fingerprint density at radius 1 is 0.955 bits per heavy atom. The molecule has 0 aromatic carbocycles. The van der Waals surface area contributed by atoms with E-state index in [0.29, 0.717) is 3.43 Å². The van der Waals surface area contributed by atoms with E-state index in [1.165, 1.54) is 61.4 Å². The van der Waals surface area contributed by atoms with Gasteiger partial charge in [-0.25, -0.2) is 0 Å². The molecule has 0 spiro atoms. The second kappa shape index (κ2) is 11.3. The summed E-state index contributed by atoms with van der Waals surface area (Å²) in [4.78, 5) is 4.40. The Kier molecular flexibility index (Phi) is 10.2. The Labute approximate surface area is 147 Å². The molecule has 0 aliphatic heterocycles. The van der Waals surface area contributed by atoms with Gasteiger partial charge in [-0.05, 0) is 0 Å². The van der Waals surface area contributed by atoms with Crippen LogP contribution >= 0.6 is 0 Å².